The van der Waals surface area contributed by atoms with E-state index in [0.717, 1.165) is 33.0 Å². The number of hydrogen-bond acceptors (Lipinski definition) is 2. The molecule has 0 atom stereocenters. The molecule has 0 aliphatic carbocycles. The van der Waals surface area contributed by atoms with Crippen molar-refractivity contribution in [1.82, 2.24) is 0 Å². The zero-order valence-corrected chi connectivity index (χ0v) is 13.0. The second kappa shape index (κ2) is 7.17. The lowest BCUT2D eigenvalue weighted by atomic mass is 10.1. The van der Waals surface area contributed by atoms with Crippen LogP contribution in [0.2, 0.25) is 5.02 Å². The van der Waals surface area contributed by atoms with Crippen molar-refractivity contribution in [3.05, 3.63) is 63.7 Å². The van der Waals surface area contributed by atoms with Gasteiger partial charge in [0.05, 0.1) is 6.54 Å². The number of aryl methyl sites for hydroxylation is 2. The van der Waals surface area contributed by atoms with Crippen LogP contribution in [0.5, 0.6) is 5.75 Å². The predicted molar refractivity (Wildman–Crippen MR) is 87.6 cm³/mol. The van der Waals surface area contributed by atoms with Crippen molar-refractivity contribution in [1.29, 1.82) is 0 Å². The van der Waals surface area contributed by atoms with Crippen LogP contribution < -0.4 is 10.5 Å². The maximum Gasteiger partial charge on any atom is 0.120 e. The highest BCUT2D eigenvalue weighted by Crippen LogP contribution is 2.26. The van der Waals surface area contributed by atoms with E-state index in [1.807, 2.05) is 50.2 Å². The normalized spacial score (nSPS) is 9.90. The van der Waals surface area contributed by atoms with Crippen LogP contribution in [-0.4, -0.2) is 6.54 Å². The average molecular weight is 300 g/mol. The Kier molecular flexibility index (Phi) is 5.27. The molecule has 0 fully saturated rings. The summed E-state index contributed by atoms with van der Waals surface area (Å²) in [6.07, 6.45) is 0. The molecule has 0 spiro atoms. The van der Waals surface area contributed by atoms with Gasteiger partial charge in [0.25, 0.3) is 0 Å². The van der Waals surface area contributed by atoms with Gasteiger partial charge in [0.2, 0.25) is 0 Å². The zero-order chi connectivity index (χ0) is 15.2. The van der Waals surface area contributed by atoms with E-state index in [-0.39, 0.29) is 0 Å². The fourth-order valence-electron chi connectivity index (χ4n) is 2.06. The Hall–Kier alpha value is -1.95. The summed E-state index contributed by atoms with van der Waals surface area (Å²) in [6.45, 7) is 4.77. The molecule has 0 saturated carbocycles. The molecular weight excluding hydrogens is 282 g/mol. The van der Waals surface area contributed by atoms with Crippen LogP contribution in [0.4, 0.5) is 0 Å². The second-order valence-corrected chi connectivity index (χ2v) is 5.20. The smallest absolute Gasteiger partial charge is 0.120 e. The van der Waals surface area contributed by atoms with Crippen LogP contribution in [0.15, 0.2) is 36.4 Å². The standard InChI is InChI=1S/C18H18ClNO/c1-13-10-17(11-14(2)18(13)19)21-12-16-7-4-3-6-15(16)8-5-9-20/h3-4,6-7,10-11H,9,12,20H2,1-2H3. The molecule has 0 saturated heterocycles. The first-order valence-corrected chi connectivity index (χ1v) is 7.16. The lowest BCUT2D eigenvalue weighted by Crippen LogP contribution is -2.00. The van der Waals surface area contributed by atoms with Crippen LogP contribution >= 0.6 is 11.6 Å². The van der Waals surface area contributed by atoms with Crippen molar-refractivity contribution >= 4 is 11.6 Å². The first-order chi connectivity index (χ1) is 10.1. The Morgan fingerprint density at radius 3 is 2.48 bits per heavy atom. The molecule has 2 nitrogen and oxygen atoms in total. The minimum absolute atomic E-state index is 0.352. The summed E-state index contributed by atoms with van der Waals surface area (Å²) in [4.78, 5) is 0. The van der Waals surface area contributed by atoms with Crippen molar-refractivity contribution in [2.75, 3.05) is 6.54 Å². The molecule has 0 amide bonds. The van der Waals surface area contributed by atoms with Crippen molar-refractivity contribution in [3.8, 4) is 17.6 Å². The van der Waals surface area contributed by atoms with Gasteiger partial charge in [0.15, 0.2) is 0 Å². The second-order valence-electron chi connectivity index (χ2n) is 4.82. The summed E-state index contributed by atoms with van der Waals surface area (Å²) < 4.78 is 5.87. The molecule has 2 aromatic rings. The number of halogens is 1. The van der Waals surface area contributed by atoms with Crippen molar-refractivity contribution in [2.45, 2.75) is 20.5 Å². The molecular formula is C18H18ClNO. The van der Waals surface area contributed by atoms with Gasteiger partial charge in [-0.05, 0) is 43.2 Å². The van der Waals surface area contributed by atoms with Gasteiger partial charge in [0, 0.05) is 16.1 Å². The molecule has 0 aliphatic rings. The quantitative estimate of drug-likeness (QED) is 0.874. The Bertz CT molecular complexity index is 675. The maximum absolute atomic E-state index is 6.16. The molecule has 0 unspecified atom stereocenters. The van der Waals surface area contributed by atoms with E-state index in [1.54, 1.807) is 0 Å². The van der Waals surface area contributed by atoms with Crippen molar-refractivity contribution in [2.24, 2.45) is 5.73 Å². The van der Waals surface area contributed by atoms with Crippen LogP contribution in [0, 0.1) is 25.7 Å². The van der Waals surface area contributed by atoms with Crippen molar-refractivity contribution < 1.29 is 4.74 Å². The Balaban J connectivity index is 2.17. The third-order valence-corrected chi connectivity index (χ3v) is 3.74. The number of rotatable bonds is 3. The van der Waals surface area contributed by atoms with E-state index in [0.29, 0.717) is 13.2 Å². The van der Waals surface area contributed by atoms with Gasteiger partial charge in [0.1, 0.15) is 12.4 Å². The monoisotopic (exact) mass is 299 g/mol. The maximum atomic E-state index is 6.16. The highest BCUT2D eigenvalue weighted by atomic mass is 35.5. The molecule has 108 valence electrons. The molecule has 0 aliphatic heterocycles. The number of ether oxygens (including phenoxy) is 1. The van der Waals surface area contributed by atoms with E-state index in [9.17, 15) is 0 Å². The summed E-state index contributed by atoms with van der Waals surface area (Å²) in [5.41, 5.74) is 9.45. The third-order valence-electron chi connectivity index (χ3n) is 3.15. The SMILES string of the molecule is Cc1cc(OCc2ccccc2C#CCN)cc(C)c1Cl. The van der Waals surface area contributed by atoms with Gasteiger partial charge < -0.3 is 10.5 Å². The van der Waals surface area contributed by atoms with E-state index < -0.39 is 0 Å². The van der Waals surface area contributed by atoms with Crippen LogP contribution in [0.1, 0.15) is 22.3 Å². The molecule has 0 heterocycles. The van der Waals surface area contributed by atoms with E-state index in [2.05, 4.69) is 11.8 Å². The van der Waals surface area contributed by atoms with E-state index in [1.165, 1.54) is 0 Å². The minimum Gasteiger partial charge on any atom is -0.489 e. The van der Waals surface area contributed by atoms with Gasteiger partial charge in [-0.25, -0.2) is 0 Å². The highest BCUT2D eigenvalue weighted by Gasteiger charge is 2.05. The summed E-state index contributed by atoms with van der Waals surface area (Å²) in [5.74, 6) is 6.75. The van der Waals surface area contributed by atoms with Gasteiger partial charge in [-0.1, -0.05) is 41.6 Å². The first kappa shape index (κ1) is 15.4. The first-order valence-electron chi connectivity index (χ1n) is 6.78. The van der Waals surface area contributed by atoms with Crippen LogP contribution in [-0.2, 0) is 6.61 Å². The lowest BCUT2D eigenvalue weighted by Gasteiger charge is -2.11. The Morgan fingerprint density at radius 2 is 1.81 bits per heavy atom. The molecule has 0 aromatic heterocycles. The van der Waals surface area contributed by atoms with Gasteiger partial charge >= 0.3 is 0 Å². The highest BCUT2D eigenvalue weighted by molar-refractivity contribution is 6.32. The summed E-state index contributed by atoms with van der Waals surface area (Å²) >= 11 is 6.16. The van der Waals surface area contributed by atoms with Crippen molar-refractivity contribution in [3.63, 3.8) is 0 Å². The van der Waals surface area contributed by atoms with E-state index >= 15 is 0 Å². The van der Waals surface area contributed by atoms with Gasteiger partial charge in [-0.2, -0.15) is 0 Å². The van der Waals surface area contributed by atoms with Gasteiger partial charge in [-0.3, -0.25) is 0 Å². The predicted octanol–water partition coefficient (Wildman–Crippen LogP) is 3.85. The minimum atomic E-state index is 0.352. The Labute approximate surface area is 130 Å². The molecule has 2 N–H and O–H groups in total. The van der Waals surface area contributed by atoms with Crippen LogP contribution in [0.25, 0.3) is 0 Å². The fourth-order valence-corrected chi connectivity index (χ4v) is 2.17. The molecule has 3 heteroatoms. The van der Waals surface area contributed by atoms with Gasteiger partial charge in [-0.15, -0.1) is 0 Å². The molecule has 2 rings (SSSR count). The number of hydrogen-bond donors (Lipinski definition) is 1. The molecule has 2 aromatic carbocycles. The summed E-state index contributed by atoms with van der Waals surface area (Å²) in [7, 11) is 0. The van der Waals surface area contributed by atoms with Crippen LogP contribution in [0.3, 0.4) is 0 Å². The summed E-state index contributed by atoms with van der Waals surface area (Å²) in [6, 6.07) is 11.8. The number of nitrogens with two attached hydrogens (primary N) is 1. The third kappa shape index (κ3) is 4.01. The Morgan fingerprint density at radius 1 is 1.14 bits per heavy atom. The summed E-state index contributed by atoms with van der Waals surface area (Å²) in [5, 5.41) is 0.788. The molecule has 0 bridgehead atoms. The van der Waals surface area contributed by atoms with E-state index in [4.69, 9.17) is 22.1 Å². The topological polar surface area (TPSA) is 35.2 Å². The largest absolute Gasteiger partial charge is 0.489 e. The average Bonchev–Trinajstić information content (AvgIpc) is 2.49. The fraction of sp³-hybridized carbons (Fsp3) is 0.222. The zero-order valence-electron chi connectivity index (χ0n) is 12.2. The molecule has 21 heavy (non-hydrogen) atoms. The number of benzene rings is 2. The molecule has 0 radical (unpaired) electrons. The lowest BCUT2D eigenvalue weighted by molar-refractivity contribution is 0.305.